The third-order valence-corrected chi connectivity index (χ3v) is 5.01. The van der Waals surface area contributed by atoms with Crippen molar-refractivity contribution in [3.8, 4) is 5.75 Å². The van der Waals surface area contributed by atoms with Gasteiger partial charge in [0.25, 0.3) is 0 Å². The molecule has 0 aromatic heterocycles. The van der Waals surface area contributed by atoms with E-state index in [2.05, 4.69) is 0 Å². The Balaban J connectivity index is 1.91. The van der Waals surface area contributed by atoms with Crippen LogP contribution in [-0.4, -0.2) is 47.0 Å². The van der Waals surface area contributed by atoms with Crippen molar-refractivity contribution < 1.29 is 24.1 Å². The van der Waals surface area contributed by atoms with Crippen LogP contribution in [0.4, 0.5) is 4.39 Å². The second kappa shape index (κ2) is 9.40. The summed E-state index contributed by atoms with van der Waals surface area (Å²) in [4.78, 5) is 12.9. The van der Waals surface area contributed by atoms with Gasteiger partial charge in [-0.25, -0.2) is 9.18 Å². The molecule has 1 heterocycles. The van der Waals surface area contributed by atoms with Crippen LogP contribution in [0.25, 0.3) is 5.70 Å². The van der Waals surface area contributed by atoms with Crippen molar-refractivity contribution in [2.24, 2.45) is 17.2 Å². The van der Waals surface area contributed by atoms with Crippen LogP contribution in [0.15, 0.2) is 66.1 Å². The number of benzene rings is 2. The number of carboxylic acid groups (broad SMARTS) is 1. The average molecular weight is 428 g/mol. The topological polar surface area (TPSA) is 148 Å². The number of hydrogen-bond donors (Lipinski definition) is 5. The predicted octanol–water partition coefficient (Wildman–Crippen LogP) is 1.89. The number of phenols is 1. The molecular formula is C22H25FN4O4. The zero-order chi connectivity index (χ0) is 22.5. The molecule has 1 fully saturated rings. The molecule has 8 N–H and O–H groups in total. The molecule has 1 saturated heterocycles. The molecule has 9 heteroatoms. The van der Waals surface area contributed by atoms with Gasteiger partial charge >= 0.3 is 5.97 Å². The fourth-order valence-corrected chi connectivity index (χ4v) is 3.45. The molecule has 1 aliphatic rings. The maximum absolute atomic E-state index is 13.6. The first-order valence-electron chi connectivity index (χ1n) is 9.60. The van der Waals surface area contributed by atoms with Crippen molar-refractivity contribution in [1.29, 1.82) is 0 Å². The number of phenolic OH excluding ortho intramolecular Hbond substituents is 1. The van der Waals surface area contributed by atoms with Crippen LogP contribution in [0.3, 0.4) is 0 Å². The van der Waals surface area contributed by atoms with Gasteiger partial charge < -0.3 is 37.1 Å². The Labute approximate surface area is 179 Å². The lowest BCUT2D eigenvalue weighted by Gasteiger charge is -2.39. The Morgan fingerprint density at radius 1 is 1.13 bits per heavy atom. The van der Waals surface area contributed by atoms with Gasteiger partial charge in [-0.2, -0.15) is 0 Å². The molecule has 0 aliphatic carbocycles. The van der Waals surface area contributed by atoms with E-state index >= 15 is 0 Å². The number of aromatic carboxylic acids is 1. The predicted molar refractivity (Wildman–Crippen MR) is 114 cm³/mol. The first-order valence-corrected chi connectivity index (χ1v) is 9.60. The summed E-state index contributed by atoms with van der Waals surface area (Å²) < 4.78 is 19.4. The second-order valence-electron chi connectivity index (χ2n) is 7.19. The number of para-hydroxylation sites is 1. The third-order valence-electron chi connectivity index (χ3n) is 5.01. The summed E-state index contributed by atoms with van der Waals surface area (Å²) >= 11 is 0. The van der Waals surface area contributed by atoms with Crippen molar-refractivity contribution in [2.45, 2.75) is 12.2 Å². The van der Waals surface area contributed by atoms with Crippen LogP contribution in [0.2, 0.25) is 0 Å². The minimum Gasteiger partial charge on any atom is -0.507 e. The molecule has 2 aromatic rings. The van der Waals surface area contributed by atoms with Crippen molar-refractivity contribution >= 4 is 11.7 Å². The Hall–Kier alpha value is -3.72. The molecule has 31 heavy (non-hydrogen) atoms. The van der Waals surface area contributed by atoms with Crippen molar-refractivity contribution in [1.82, 2.24) is 4.90 Å². The number of carboxylic acids is 1. The van der Waals surface area contributed by atoms with Crippen LogP contribution in [0.1, 0.15) is 27.6 Å². The number of halogens is 1. The van der Waals surface area contributed by atoms with Gasteiger partial charge in [0.05, 0.1) is 11.3 Å². The Morgan fingerprint density at radius 3 is 2.39 bits per heavy atom. The summed E-state index contributed by atoms with van der Waals surface area (Å²) in [6, 6.07) is 12.8. The number of nitrogens with two attached hydrogens (primary N) is 3. The maximum atomic E-state index is 13.6. The smallest absolute Gasteiger partial charge is 0.335 e. The zero-order valence-electron chi connectivity index (χ0n) is 16.7. The van der Waals surface area contributed by atoms with Gasteiger partial charge in [-0.3, -0.25) is 0 Å². The van der Waals surface area contributed by atoms with E-state index < -0.39 is 24.9 Å². The highest BCUT2D eigenvalue weighted by atomic mass is 19.1. The molecule has 3 rings (SSSR count). The van der Waals surface area contributed by atoms with E-state index in [1.807, 2.05) is 0 Å². The summed E-state index contributed by atoms with van der Waals surface area (Å²) in [6.07, 6.45) is 0.258. The normalized spacial score (nSPS) is 19.1. The largest absolute Gasteiger partial charge is 0.507 e. The number of morpholine rings is 1. The molecule has 2 aromatic carbocycles. The monoisotopic (exact) mass is 428 g/mol. The standard InChI is InChI=1S/C22H25FN4O4/c23-10-15-11-27(12-20(31-15)13-5-7-14(8-6-13)22(29)30)18(21(25)26)9-17(24)16-3-1-2-4-19(16)28/h1-9,15,20,28H,10-12,24-26H2,(H,29,30)/b17-9-. The SMILES string of the molecule is NC(N)=C(/C=C(\N)c1ccccc1O)N1CC(CF)OC(c2ccc(C(=O)O)cc2)C1. The number of nitrogens with zero attached hydrogens (tertiary/aromatic N) is 1. The van der Waals surface area contributed by atoms with Crippen LogP contribution in [-0.2, 0) is 4.74 Å². The first-order chi connectivity index (χ1) is 14.8. The highest BCUT2D eigenvalue weighted by Gasteiger charge is 2.30. The average Bonchev–Trinajstić information content (AvgIpc) is 2.77. The van der Waals surface area contributed by atoms with Gasteiger partial charge in [0.2, 0.25) is 0 Å². The van der Waals surface area contributed by atoms with Crippen LogP contribution in [0.5, 0.6) is 5.75 Å². The Morgan fingerprint density at radius 2 is 1.81 bits per heavy atom. The van der Waals surface area contributed by atoms with Gasteiger partial charge in [0.15, 0.2) is 0 Å². The zero-order valence-corrected chi connectivity index (χ0v) is 16.7. The van der Waals surface area contributed by atoms with E-state index in [9.17, 15) is 14.3 Å². The molecule has 2 unspecified atom stereocenters. The van der Waals surface area contributed by atoms with E-state index in [0.717, 1.165) is 0 Å². The van der Waals surface area contributed by atoms with Crippen molar-refractivity contribution in [2.75, 3.05) is 19.8 Å². The van der Waals surface area contributed by atoms with E-state index in [0.29, 0.717) is 23.4 Å². The molecule has 0 radical (unpaired) electrons. The van der Waals surface area contributed by atoms with Crippen LogP contribution < -0.4 is 17.2 Å². The van der Waals surface area contributed by atoms with E-state index in [4.69, 9.17) is 27.0 Å². The summed E-state index contributed by atoms with van der Waals surface area (Å²) in [6.45, 7) is -0.241. The number of rotatable bonds is 6. The quantitative estimate of drug-likeness (QED) is 0.438. The number of aromatic hydroxyl groups is 1. The molecule has 164 valence electrons. The number of alkyl halides is 1. The lowest BCUT2D eigenvalue weighted by atomic mass is 10.0. The highest BCUT2D eigenvalue weighted by Crippen LogP contribution is 2.30. The highest BCUT2D eigenvalue weighted by molar-refractivity contribution is 5.87. The fourth-order valence-electron chi connectivity index (χ4n) is 3.45. The molecule has 8 nitrogen and oxygen atoms in total. The second-order valence-corrected chi connectivity index (χ2v) is 7.19. The van der Waals surface area contributed by atoms with Crippen LogP contribution in [0, 0.1) is 0 Å². The van der Waals surface area contributed by atoms with Gasteiger partial charge in [0, 0.05) is 24.4 Å². The molecule has 0 spiro atoms. The van der Waals surface area contributed by atoms with E-state index in [-0.39, 0.29) is 29.4 Å². The lowest BCUT2D eigenvalue weighted by Crippen LogP contribution is -2.45. The molecule has 0 bridgehead atoms. The molecule has 2 atom stereocenters. The van der Waals surface area contributed by atoms with Crippen molar-refractivity contribution in [3.63, 3.8) is 0 Å². The number of ether oxygens (including phenoxy) is 1. The van der Waals surface area contributed by atoms with Gasteiger partial charge in [-0.15, -0.1) is 0 Å². The Kier molecular flexibility index (Phi) is 6.66. The molecule has 0 saturated carbocycles. The third kappa shape index (κ3) is 5.07. The molecule has 1 aliphatic heterocycles. The summed E-state index contributed by atoms with van der Waals surface area (Å²) in [5.41, 5.74) is 19.9. The number of hydrogen-bond acceptors (Lipinski definition) is 7. The van der Waals surface area contributed by atoms with E-state index in [1.54, 1.807) is 35.2 Å². The minimum atomic E-state index is -1.04. The fraction of sp³-hybridized carbons (Fsp3) is 0.227. The minimum absolute atomic E-state index is 0.00574. The molecule has 0 amide bonds. The summed E-state index contributed by atoms with van der Waals surface area (Å²) in [7, 11) is 0. The Bertz CT molecular complexity index is 1000. The lowest BCUT2D eigenvalue weighted by molar-refractivity contribution is -0.0850. The molecular weight excluding hydrogens is 403 g/mol. The van der Waals surface area contributed by atoms with Gasteiger partial charge in [-0.05, 0) is 35.9 Å². The first kappa shape index (κ1) is 22.0. The van der Waals surface area contributed by atoms with Crippen molar-refractivity contribution in [3.05, 3.63) is 82.8 Å². The number of allylic oxidation sites excluding steroid dienone is 1. The van der Waals surface area contributed by atoms with Crippen LogP contribution >= 0.6 is 0 Å². The number of carbonyl (C=O) groups is 1. The van der Waals surface area contributed by atoms with Gasteiger partial charge in [0.1, 0.15) is 30.5 Å². The summed E-state index contributed by atoms with van der Waals surface area (Å²) in [5, 5.41) is 19.1. The maximum Gasteiger partial charge on any atom is 0.335 e. The summed E-state index contributed by atoms with van der Waals surface area (Å²) in [5.74, 6) is -1.05. The van der Waals surface area contributed by atoms with Gasteiger partial charge in [-0.1, -0.05) is 24.3 Å². The van der Waals surface area contributed by atoms with E-state index in [1.165, 1.54) is 24.3 Å².